The lowest BCUT2D eigenvalue weighted by Crippen LogP contribution is -2.47. The van der Waals surface area contributed by atoms with Crippen molar-refractivity contribution in [2.24, 2.45) is 17.8 Å². The highest BCUT2D eigenvalue weighted by atomic mass is 32.1. The Morgan fingerprint density at radius 2 is 2.00 bits per heavy atom. The molecule has 0 aliphatic carbocycles. The number of likely N-dealkylation sites (tertiary alicyclic amines) is 1. The number of fused-ring (bicyclic) bond motifs is 1. The van der Waals surface area contributed by atoms with E-state index in [0.29, 0.717) is 25.0 Å². The number of hydrogen-bond donors (Lipinski definition) is 1. The molecule has 3 atom stereocenters. The predicted octanol–water partition coefficient (Wildman–Crippen LogP) is 2.63. The van der Waals surface area contributed by atoms with E-state index in [1.165, 1.54) is 5.56 Å². The van der Waals surface area contributed by atoms with Crippen molar-refractivity contribution in [3.63, 3.8) is 0 Å². The van der Waals surface area contributed by atoms with Gasteiger partial charge >= 0.3 is 12.1 Å². The average Bonchev–Trinajstić information content (AvgIpc) is 3.37. The summed E-state index contributed by atoms with van der Waals surface area (Å²) in [6.45, 7) is 5.74. The maximum Gasteiger partial charge on any atom is 0.490 e. The van der Waals surface area contributed by atoms with Crippen LogP contribution in [-0.4, -0.2) is 72.6 Å². The highest BCUT2D eigenvalue weighted by molar-refractivity contribution is 7.07. The van der Waals surface area contributed by atoms with Crippen LogP contribution in [0.2, 0.25) is 0 Å². The molecule has 4 rings (SSSR count). The van der Waals surface area contributed by atoms with Crippen LogP contribution in [0, 0.1) is 17.8 Å². The molecule has 1 aromatic heterocycles. The summed E-state index contributed by atoms with van der Waals surface area (Å²) in [4.78, 5) is 29.8. The maximum absolute atomic E-state index is 12.8. The molecule has 30 heavy (non-hydrogen) atoms. The fourth-order valence-corrected chi connectivity index (χ4v) is 4.73. The predicted molar refractivity (Wildman–Crippen MR) is 101 cm³/mol. The van der Waals surface area contributed by atoms with Crippen molar-refractivity contribution in [2.45, 2.75) is 25.6 Å². The van der Waals surface area contributed by atoms with E-state index in [-0.39, 0.29) is 11.8 Å². The van der Waals surface area contributed by atoms with Gasteiger partial charge in [-0.25, -0.2) is 9.86 Å². The topological polar surface area (TPSA) is 79.3 Å². The minimum absolute atomic E-state index is 0.0423. The quantitative estimate of drug-likeness (QED) is 0.763. The van der Waals surface area contributed by atoms with E-state index in [9.17, 15) is 18.0 Å². The standard InChI is InChI=1S/C17H24N2O3S.C2HF3O2/c20-17(19-4-1-2-5-22-19)16-11-21-10-14-8-18(9-15(14)16)7-13-3-6-23-12-13;3-2(4,5)1(6)7/h3,6,12,14-16H,1-2,4-5,7-11H2;(H,6,7)/t14-,15-,16-;/m1./s1. The third kappa shape index (κ3) is 5.93. The third-order valence-electron chi connectivity index (χ3n) is 5.51. The first kappa shape index (κ1) is 23.0. The van der Waals surface area contributed by atoms with E-state index in [4.69, 9.17) is 19.5 Å². The minimum atomic E-state index is -5.08. The molecule has 0 unspecified atom stereocenters. The zero-order valence-electron chi connectivity index (χ0n) is 16.3. The van der Waals surface area contributed by atoms with Gasteiger partial charge in [0.05, 0.1) is 25.7 Å². The number of hydrogen-bond acceptors (Lipinski definition) is 6. The molecule has 3 fully saturated rings. The number of amides is 1. The number of carboxylic acid groups (broad SMARTS) is 1. The lowest BCUT2D eigenvalue weighted by molar-refractivity contribution is -0.207. The number of thiophene rings is 1. The van der Waals surface area contributed by atoms with Gasteiger partial charge in [-0.1, -0.05) is 0 Å². The Bertz CT molecular complexity index is 710. The van der Waals surface area contributed by atoms with Gasteiger partial charge in [0, 0.05) is 26.2 Å². The van der Waals surface area contributed by atoms with Crippen molar-refractivity contribution in [2.75, 3.05) is 39.5 Å². The van der Waals surface area contributed by atoms with Crippen LogP contribution in [0.5, 0.6) is 0 Å². The van der Waals surface area contributed by atoms with Gasteiger partial charge in [0.25, 0.3) is 5.91 Å². The van der Waals surface area contributed by atoms with Gasteiger partial charge in [-0.3, -0.25) is 14.5 Å². The SMILES string of the molecule is O=C(O)C(F)(F)F.O=C([C@@H]1COC[C@H]2CN(Cc3ccsc3)C[C@H]21)N1CCCCO1. The van der Waals surface area contributed by atoms with E-state index < -0.39 is 12.1 Å². The molecular weight excluding hydrogens is 425 g/mol. The normalized spacial score (nSPS) is 27.2. The van der Waals surface area contributed by atoms with E-state index in [1.54, 1.807) is 16.4 Å². The van der Waals surface area contributed by atoms with Crippen LogP contribution in [0.1, 0.15) is 18.4 Å². The molecule has 0 bridgehead atoms. The lowest BCUT2D eigenvalue weighted by atomic mass is 9.82. The smallest absolute Gasteiger partial charge is 0.475 e. The number of halogens is 3. The van der Waals surface area contributed by atoms with Crippen molar-refractivity contribution in [3.05, 3.63) is 22.4 Å². The highest BCUT2D eigenvalue weighted by Crippen LogP contribution is 2.36. The van der Waals surface area contributed by atoms with Gasteiger partial charge < -0.3 is 9.84 Å². The molecule has 7 nitrogen and oxygen atoms in total. The van der Waals surface area contributed by atoms with Crippen LogP contribution in [0.15, 0.2) is 16.8 Å². The monoisotopic (exact) mass is 450 g/mol. The zero-order valence-corrected chi connectivity index (χ0v) is 17.2. The Balaban J connectivity index is 0.000000318. The first-order valence-corrected chi connectivity index (χ1v) is 10.8. The lowest BCUT2D eigenvalue weighted by Gasteiger charge is -2.36. The number of ether oxygens (including phenoxy) is 1. The molecule has 1 N–H and O–H groups in total. The first-order valence-electron chi connectivity index (χ1n) is 9.81. The van der Waals surface area contributed by atoms with Crippen molar-refractivity contribution in [1.29, 1.82) is 0 Å². The Labute approximate surface area is 176 Å². The zero-order chi connectivity index (χ0) is 21.7. The van der Waals surface area contributed by atoms with Gasteiger partial charge in [0.1, 0.15) is 0 Å². The number of rotatable bonds is 3. The molecule has 0 spiro atoms. The van der Waals surface area contributed by atoms with Crippen LogP contribution < -0.4 is 0 Å². The van der Waals surface area contributed by atoms with E-state index in [0.717, 1.165) is 45.6 Å². The second-order valence-corrected chi connectivity index (χ2v) is 8.46. The fourth-order valence-electron chi connectivity index (χ4n) is 4.07. The van der Waals surface area contributed by atoms with Crippen molar-refractivity contribution in [1.82, 2.24) is 9.96 Å². The molecule has 3 aliphatic rings. The fraction of sp³-hybridized carbons (Fsp3) is 0.684. The van der Waals surface area contributed by atoms with E-state index in [2.05, 4.69) is 21.7 Å². The van der Waals surface area contributed by atoms with Gasteiger partial charge in [-0.2, -0.15) is 24.5 Å². The summed E-state index contributed by atoms with van der Waals surface area (Å²) in [6.07, 6.45) is -3.00. The number of nitrogens with zero attached hydrogens (tertiary/aromatic N) is 2. The number of hydroxylamine groups is 2. The number of alkyl halides is 3. The largest absolute Gasteiger partial charge is 0.490 e. The van der Waals surface area contributed by atoms with Crippen molar-refractivity contribution in [3.8, 4) is 0 Å². The summed E-state index contributed by atoms with van der Waals surface area (Å²) < 4.78 is 37.5. The number of carbonyl (C=O) groups is 2. The Kier molecular flexibility index (Phi) is 7.72. The molecule has 0 saturated carbocycles. The second-order valence-electron chi connectivity index (χ2n) is 7.68. The second kappa shape index (κ2) is 10.1. The molecule has 168 valence electrons. The Hall–Kier alpha value is -1.69. The van der Waals surface area contributed by atoms with E-state index >= 15 is 0 Å². The Morgan fingerprint density at radius 1 is 1.23 bits per heavy atom. The summed E-state index contributed by atoms with van der Waals surface area (Å²) in [5.74, 6) is -1.79. The minimum Gasteiger partial charge on any atom is -0.475 e. The molecule has 0 radical (unpaired) electrons. The van der Waals surface area contributed by atoms with Crippen LogP contribution in [0.4, 0.5) is 13.2 Å². The first-order chi connectivity index (χ1) is 14.3. The summed E-state index contributed by atoms with van der Waals surface area (Å²) in [6, 6.07) is 2.19. The molecule has 1 aromatic rings. The molecule has 1 amide bonds. The number of carboxylic acids is 1. The molecule has 11 heteroatoms. The van der Waals surface area contributed by atoms with Crippen LogP contribution in [0.3, 0.4) is 0 Å². The van der Waals surface area contributed by atoms with Crippen LogP contribution in [0.25, 0.3) is 0 Å². The third-order valence-corrected chi connectivity index (χ3v) is 6.24. The molecule has 0 aromatic carbocycles. The van der Waals surface area contributed by atoms with Gasteiger partial charge in [-0.05, 0) is 47.1 Å². The van der Waals surface area contributed by atoms with Gasteiger partial charge in [0.15, 0.2) is 0 Å². The van der Waals surface area contributed by atoms with Crippen molar-refractivity contribution < 1.29 is 37.4 Å². The summed E-state index contributed by atoms with van der Waals surface area (Å²) >= 11 is 1.74. The van der Waals surface area contributed by atoms with Crippen LogP contribution in [-0.2, 0) is 25.7 Å². The molecular formula is C19H25F3N2O5S. The average molecular weight is 450 g/mol. The summed E-state index contributed by atoms with van der Waals surface area (Å²) in [5, 5.41) is 13.1. The van der Waals surface area contributed by atoms with E-state index in [1.807, 2.05) is 0 Å². The molecule has 4 heterocycles. The van der Waals surface area contributed by atoms with Crippen LogP contribution >= 0.6 is 11.3 Å². The van der Waals surface area contributed by atoms with Gasteiger partial charge in [0.2, 0.25) is 0 Å². The van der Waals surface area contributed by atoms with Crippen molar-refractivity contribution >= 4 is 23.2 Å². The number of aliphatic carboxylic acids is 1. The van der Waals surface area contributed by atoms with Gasteiger partial charge in [-0.15, -0.1) is 0 Å². The summed E-state index contributed by atoms with van der Waals surface area (Å²) in [7, 11) is 0. The molecule has 3 saturated heterocycles. The Morgan fingerprint density at radius 3 is 2.60 bits per heavy atom. The molecule has 3 aliphatic heterocycles. The highest BCUT2D eigenvalue weighted by Gasteiger charge is 2.45. The number of carbonyl (C=O) groups excluding carboxylic acids is 1. The summed E-state index contributed by atoms with van der Waals surface area (Å²) in [5.41, 5.74) is 1.37. The maximum atomic E-state index is 12.8.